The summed E-state index contributed by atoms with van der Waals surface area (Å²) in [6.07, 6.45) is 1.54. The summed E-state index contributed by atoms with van der Waals surface area (Å²) in [5.41, 5.74) is 1.79. The van der Waals surface area contributed by atoms with E-state index in [-0.39, 0.29) is 12.2 Å². The van der Waals surface area contributed by atoms with E-state index in [0.29, 0.717) is 35.5 Å². The maximum Gasteiger partial charge on any atom is 0.268 e. The van der Waals surface area contributed by atoms with Crippen LogP contribution in [-0.2, 0) is 14.8 Å². The number of benzene rings is 2. The van der Waals surface area contributed by atoms with Crippen molar-refractivity contribution in [1.82, 2.24) is 4.98 Å². The molecule has 1 fully saturated rings. The molecule has 0 saturated carbocycles. The zero-order valence-electron chi connectivity index (χ0n) is 17.2. The Hall–Kier alpha value is -2.91. The number of sulfonamides is 1. The maximum atomic E-state index is 12.9. The van der Waals surface area contributed by atoms with E-state index in [1.807, 2.05) is 24.3 Å². The smallest absolute Gasteiger partial charge is 0.268 e. The molecule has 1 aromatic heterocycles. The van der Waals surface area contributed by atoms with E-state index in [0.717, 1.165) is 5.56 Å². The van der Waals surface area contributed by atoms with Crippen LogP contribution < -0.4 is 14.4 Å². The number of ether oxygens (including phenoxy) is 1. The first-order valence-corrected chi connectivity index (χ1v) is 12.3. The molecule has 1 N–H and O–H groups in total. The molecule has 2 heterocycles. The van der Waals surface area contributed by atoms with Crippen molar-refractivity contribution < 1.29 is 19.4 Å². The third kappa shape index (κ3) is 4.72. The van der Waals surface area contributed by atoms with Crippen LogP contribution in [0.15, 0.2) is 65.0 Å². The molecule has 0 radical (unpaired) electrons. The summed E-state index contributed by atoms with van der Waals surface area (Å²) in [6, 6.07) is 14.0. The van der Waals surface area contributed by atoms with Crippen molar-refractivity contribution in [2.45, 2.75) is 37.2 Å². The van der Waals surface area contributed by atoms with Gasteiger partial charge >= 0.3 is 0 Å². The predicted molar refractivity (Wildman–Crippen MR) is 123 cm³/mol. The minimum Gasteiger partial charge on any atom is -0.481 e. The molecule has 1 saturated heterocycles. The fourth-order valence-electron chi connectivity index (χ4n) is 3.38. The highest BCUT2D eigenvalue weighted by Gasteiger charge is 2.34. The first-order valence-electron chi connectivity index (χ1n) is 9.94. The van der Waals surface area contributed by atoms with Crippen molar-refractivity contribution in [3.8, 4) is 5.75 Å². The maximum absolute atomic E-state index is 12.9. The van der Waals surface area contributed by atoms with Crippen LogP contribution in [0.3, 0.4) is 0 Å². The Kier molecular flexibility index (Phi) is 5.97. The van der Waals surface area contributed by atoms with Crippen LogP contribution in [0.2, 0.25) is 0 Å². The van der Waals surface area contributed by atoms with Crippen LogP contribution in [0, 0.1) is 0 Å². The molecular weight excluding hydrogens is 434 g/mol. The SMILES string of the molecule is CC(C)c1cccc(OC2CCN(c3ccc(S(=O)(=O)Nc4nccs4)cc3)C2=O)c1.[HH]. The third-order valence-electron chi connectivity index (χ3n) is 5.07. The number of hydrogen-bond donors (Lipinski definition) is 1. The number of nitrogens with zero attached hydrogens (tertiary/aromatic N) is 2. The summed E-state index contributed by atoms with van der Waals surface area (Å²) >= 11 is 1.20. The fraction of sp³-hybridized carbons (Fsp3) is 0.273. The minimum atomic E-state index is -3.73. The van der Waals surface area contributed by atoms with Crippen molar-refractivity contribution in [2.24, 2.45) is 0 Å². The molecule has 0 aliphatic carbocycles. The van der Waals surface area contributed by atoms with Gasteiger partial charge in [-0.1, -0.05) is 26.0 Å². The number of amides is 1. The first kappa shape index (κ1) is 21.3. The summed E-state index contributed by atoms with van der Waals surface area (Å²) in [5.74, 6) is 0.923. The molecule has 1 aliphatic rings. The van der Waals surface area contributed by atoms with Crippen molar-refractivity contribution in [3.63, 3.8) is 0 Å². The number of carbonyl (C=O) groups is 1. The Morgan fingerprint density at radius 1 is 1.23 bits per heavy atom. The molecule has 2 aromatic carbocycles. The van der Waals surface area contributed by atoms with Crippen molar-refractivity contribution in [2.75, 3.05) is 16.2 Å². The monoisotopic (exact) mass is 459 g/mol. The number of anilines is 2. The molecule has 164 valence electrons. The summed E-state index contributed by atoms with van der Waals surface area (Å²) in [7, 11) is -3.73. The fourth-order valence-corrected chi connectivity index (χ4v) is 5.17. The third-order valence-corrected chi connectivity index (χ3v) is 7.24. The van der Waals surface area contributed by atoms with Crippen LogP contribution in [0.4, 0.5) is 10.8 Å². The molecule has 1 aliphatic heterocycles. The van der Waals surface area contributed by atoms with Crippen molar-refractivity contribution >= 4 is 38.1 Å². The van der Waals surface area contributed by atoms with Gasteiger partial charge in [-0.25, -0.2) is 13.4 Å². The highest BCUT2D eigenvalue weighted by atomic mass is 32.2. The van der Waals surface area contributed by atoms with E-state index < -0.39 is 16.1 Å². The molecule has 3 aromatic rings. The average Bonchev–Trinajstić information content (AvgIpc) is 3.38. The lowest BCUT2D eigenvalue weighted by molar-refractivity contribution is -0.122. The lowest BCUT2D eigenvalue weighted by Crippen LogP contribution is -2.32. The van der Waals surface area contributed by atoms with Gasteiger partial charge in [0.05, 0.1) is 4.90 Å². The molecule has 0 bridgehead atoms. The Labute approximate surface area is 187 Å². The molecule has 1 atom stereocenters. The van der Waals surface area contributed by atoms with Crippen LogP contribution in [0.5, 0.6) is 5.75 Å². The van der Waals surface area contributed by atoms with Crippen molar-refractivity contribution in [3.05, 3.63) is 65.7 Å². The first-order chi connectivity index (χ1) is 14.8. The van der Waals surface area contributed by atoms with E-state index in [1.54, 1.807) is 22.4 Å². The second kappa shape index (κ2) is 8.68. The lowest BCUT2D eigenvalue weighted by atomic mass is 10.0. The molecule has 0 spiro atoms. The quantitative estimate of drug-likeness (QED) is 0.562. The minimum absolute atomic E-state index is 0. The molecule has 4 rings (SSSR count). The zero-order valence-corrected chi connectivity index (χ0v) is 18.8. The number of rotatable bonds is 7. The lowest BCUT2D eigenvalue weighted by Gasteiger charge is -2.18. The standard InChI is InChI=1S/C22H23N3O4S2.H2/c1-15(2)16-4-3-5-18(14-16)29-20-10-12-25(21(20)26)17-6-8-19(9-7-17)31(27,28)24-22-23-11-13-30-22;/h3-9,11,13-15,20H,10,12H2,1-2H3,(H,23,24);1H. The average molecular weight is 460 g/mol. The van der Waals surface area contributed by atoms with Crippen LogP contribution >= 0.6 is 11.3 Å². The number of nitrogens with one attached hydrogen (secondary N) is 1. The summed E-state index contributed by atoms with van der Waals surface area (Å²) in [4.78, 5) is 18.6. The van der Waals surface area contributed by atoms with E-state index in [2.05, 4.69) is 23.6 Å². The summed E-state index contributed by atoms with van der Waals surface area (Å²) in [5, 5.41) is 2.00. The largest absolute Gasteiger partial charge is 0.481 e. The highest BCUT2D eigenvalue weighted by Crippen LogP contribution is 2.28. The van der Waals surface area contributed by atoms with Gasteiger partial charge < -0.3 is 9.64 Å². The van der Waals surface area contributed by atoms with Crippen LogP contribution in [-0.4, -0.2) is 32.0 Å². The van der Waals surface area contributed by atoms with E-state index in [1.165, 1.54) is 29.7 Å². The summed E-state index contributed by atoms with van der Waals surface area (Å²) < 4.78 is 33.4. The van der Waals surface area contributed by atoms with Gasteiger partial charge in [0.15, 0.2) is 11.2 Å². The van der Waals surface area contributed by atoms with E-state index in [4.69, 9.17) is 4.74 Å². The second-order valence-corrected chi connectivity index (χ2v) is 10.1. The van der Waals surface area contributed by atoms with Gasteiger partial charge in [0, 0.05) is 31.7 Å². The molecular formula is C22H25N3O4S2. The number of thiazole rings is 1. The van der Waals surface area contributed by atoms with Gasteiger partial charge in [-0.15, -0.1) is 11.3 Å². The zero-order chi connectivity index (χ0) is 22.0. The van der Waals surface area contributed by atoms with Gasteiger partial charge in [0.2, 0.25) is 0 Å². The molecule has 1 amide bonds. The number of aromatic nitrogens is 1. The Balaban J connectivity index is 0.00000289. The molecule has 1 unspecified atom stereocenters. The molecule has 31 heavy (non-hydrogen) atoms. The van der Waals surface area contributed by atoms with Crippen LogP contribution in [0.25, 0.3) is 0 Å². The van der Waals surface area contributed by atoms with Gasteiger partial charge in [-0.3, -0.25) is 9.52 Å². The molecule has 9 heteroatoms. The predicted octanol–water partition coefficient (Wildman–Crippen LogP) is 4.50. The number of hydrogen-bond acceptors (Lipinski definition) is 6. The van der Waals surface area contributed by atoms with Gasteiger partial charge in [-0.05, 0) is 47.9 Å². The second-order valence-electron chi connectivity index (χ2n) is 7.55. The van der Waals surface area contributed by atoms with Crippen LogP contribution in [0.1, 0.15) is 33.2 Å². The van der Waals surface area contributed by atoms with Gasteiger partial charge in [-0.2, -0.15) is 0 Å². The highest BCUT2D eigenvalue weighted by molar-refractivity contribution is 7.93. The Bertz CT molecular complexity index is 1170. The Morgan fingerprint density at radius 2 is 2.00 bits per heavy atom. The van der Waals surface area contributed by atoms with Gasteiger partial charge in [0.25, 0.3) is 15.9 Å². The van der Waals surface area contributed by atoms with E-state index in [9.17, 15) is 13.2 Å². The van der Waals surface area contributed by atoms with E-state index >= 15 is 0 Å². The summed E-state index contributed by atoms with van der Waals surface area (Å²) in [6.45, 7) is 4.73. The number of carbonyl (C=O) groups excluding carboxylic acids is 1. The van der Waals surface area contributed by atoms with Crippen molar-refractivity contribution in [1.29, 1.82) is 0 Å². The normalized spacial score (nSPS) is 16.7. The van der Waals surface area contributed by atoms with Gasteiger partial charge in [0.1, 0.15) is 5.75 Å². The topological polar surface area (TPSA) is 88.6 Å². The Morgan fingerprint density at radius 3 is 2.68 bits per heavy atom. The molecule has 7 nitrogen and oxygen atoms in total.